The number of thioether (sulfide) groups is 1. The van der Waals surface area contributed by atoms with Crippen LogP contribution in [0.4, 0.5) is 10.1 Å². The van der Waals surface area contributed by atoms with Gasteiger partial charge in [-0.15, -0.1) is 0 Å². The molecule has 1 fully saturated rings. The molecule has 2 amide bonds. The molecule has 2 aliphatic heterocycles. The number of piperidine rings is 1. The summed E-state index contributed by atoms with van der Waals surface area (Å²) in [6, 6.07) is 4.29. The number of fused-ring (bicyclic) bond motifs is 1. The van der Waals surface area contributed by atoms with E-state index in [2.05, 4.69) is 21.8 Å². The lowest BCUT2D eigenvalue weighted by atomic mass is 9.89. The Balaban J connectivity index is 1.61. The third-order valence-electron chi connectivity index (χ3n) is 4.91. The maximum absolute atomic E-state index is 13.6. The van der Waals surface area contributed by atoms with Crippen molar-refractivity contribution in [3.8, 4) is 0 Å². The van der Waals surface area contributed by atoms with Crippen molar-refractivity contribution in [3.05, 3.63) is 29.6 Å². The van der Waals surface area contributed by atoms with Crippen molar-refractivity contribution in [1.29, 1.82) is 0 Å². The molecule has 1 atom stereocenters. The summed E-state index contributed by atoms with van der Waals surface area (Å²) in [5.41, 5.74) is 1.10. The molecular weight excluding hydrogens is 341 g/mol. The first kappa shape index (κ1) is 18.2. The summed E-state index contributed by atoms with van der Waals surface area (Å²) in [6.45, 7) is 3.03. The van der Waals surface area contributed by atoms with Crippen LogP contribution in [0.2, 0.25) is 0 Å². The SMILES string of the molecule is CSCCN1CCC(NC(=O)C2CC(=O)Nc3ccc(F)cc32)CC1. The van der Waals surface area contributed by atoms with Crippen LogP contribution in [-0.2, 0) is 9.59 Å². The van der Waals surface area contributed by atoms with Crippen LogP contribution in [0.25, 0.3) is 0 Å². The fraction of sp³-hybridized carbons (Fsp3) is 0.556. The molecule has 5 nitrogen and oxygen atoms in total. The minimum Gasteiger partial charge on any atom is -0.353 e. The van der Waals surface area contributed by atoms with Gasteiger partial charge in [0.1, 0.15) is 5.82 Å². The van der Waals surface area contributed by atoms with E-state index < -0.39 is 11.7 Å². The third kappa shape index (κ3) is 4.52. The second-order valence-corrected chi connectivity index (χ2v) is 7.64. The number of nitrogens with zero attached hydrogens (tertiary/aromatic N) is 1. The van der Waals surface area contributed by atoms with Gasteiger partial charge in [0.15, 0.2) is 0 Å². The summed E-state index contributed by atoms with van der Waals surface area (Å²) in [6.07, 6.45) is 3.99. The van der Waals surface area contributed by atoms with Gasteiger partial charge >= 0.3 is 0 Å². The molecule has 25 heavy (non-hydrogen) atoms. The molecule has 0 radical (unpaired) electrons. The Labute approximate surface area is 151 Å². The number of anilines is 1. The summed E-state index contributed by atoms with van der Waals surface area (Å²) in [5.74, 6) is -0.268. The number of likely N-dealkylation sites (tertiary alicyclic amines) is 1. The van der Waals surface area contributed by atoms with Crippen molar-refractivity contribution in [2.75, 3.05) is 37.0 Å². The van der Waals surface area contributed by atoms with Crippen molar-refractivity contribution in [2.24, 2.45) is 0 Å². The van der Waals surface area contributed by atoms with Gasteiger partial charge in [0.2, 0.25) is 11.8 Å². The maximum atomic E-state index is 13.6. The summed E-state index contributed by atoms with van der Waals surface area (Å²) in [4.78, 5) is 27.0. The molecule has 2 heterocycles. The topological polar surface area (TPSA) is 61.4 Å². The largest absolute Gasteiger partial charge is 0.353 e. The molecule has 2 aliphatic rings. The number of hydrogen-bond donors (Lipinski definition) is 2. The van der Waals surface area contributed by atoms with Crippen molar-refractivity contribution >= 4 is 29.3 Å². The Morgan fingerprint density at radius 2 is 2.16 bits per heavy atom. The molecule has 0 aliphatic carbocycles. The van der Waals surface area contributed by atoms with Gasteiger partial charge in [-0.1, -0.05) is 0 Å². The highest BCUT2D eigenvalue weighted by atomic mass is 32.2. The van der Waals surface area contributed by atoms with E-state index in [1.54, 1.807) is 0 Å². The Morgan fingerprint density at radius 3 is 2.88 bits per heavy atom. The van der Waals surface area contributed by atoms with Crippen LogP contribution in [0.15, 0.2) is 18.2 Å². The molecule has 0 spiro atoms. The van der Waals surface area contributed by atoms with Gasteiger partial charge in [0.05, 0.1) is 5.92 Å². The monoisotopic (exact) mass is 365 g/mol. The predicted octanol–water partition coefficient (Wildman–Crippen LogP) is 2.20. The average molecular weight is 365 g/mol. The van der Waals surface area contributed by atoms with Crippen LogP contribution in [0.1, 0.15) is 30.7 Å². The van der Waals surface area contributed by atoms with Crippen molar-refractivity contribution in [2.45, 2.75) is 31.2 Å². The van der Waals surface area contributed by atoms with E-state index in [1.807, 2.05) is 11.8 Å². The molecule has 2 N–H and O–H groups in total. The van der Waals surface area contributed by atoms with Crippen LogP contribution in [0.3, 0.4) is 0 Å². The van der Waals surface area contributed by atoms with Crippen LogP contribution in [0, 0.1) is 5.82 Å². The molecule has 3 rings (SSSR count). The van der Waals surface area contributed by atoms with E-state index >= 15 is 0 Å². The van der Waals surface area contributed by atoms with Crippen molar-refractivity contribution < 1.29 is 14.0 Å². The molecule has 0 aromatic heterocycles. The lowest BCUT2D eigenvalue weighted by Gasteiger charge is -2.33. The third-order valence-corrected chi connectivity index (χ3v) is 5.51. The second kappa shape index (κ2) is 8.19. The fourth-order valence-electron chi connectivity index (χ4n) is 3.49. The first-order valence-electron chi connectivity index (χ1n) is 8.68. The number of carbonyl (C=O) groups excluding carboxylic acids is 2. The number of hydrogen-bond acceptors (Lipinski definition) is 4. The van der Waals surface area contributed by atoms with E-state index in [1.165, 1.54) is 18.2 Å². The summed E-state index contributed by atoms with van der Waals surface area (Å²) >= 11 is 1.84. The lowest BCUT2D eigenvalue weighted by molar-refractivity contribution is -0.127. The zero-order chi connectivity index (χ0) is 17.8. The first-order chi connectivity index (χ1) is 12.1. The molecule has 0 bridgehead atoms. The Bertz CT molecular complexity index is 647. The summed E-state index contributed by atoms with van der Waals surface area (Å²) in [7, 11) is 0. The van der Waals surface area contributed by atoms with Crippen LogP contribution >= 0.6 is 11.8 Å². The van der Waals surface area contributed by atoms with Crippen molar-refractivity contribution in [1.82, 2.24) is 10.2 Å². The number of carbonyl (C=O) groups is 2. The fourth-order valence-corrected chi connectivity index (χ4v) is 3.93. The van der Waals surface area contributed by atoms with Gasteiger partial charge in [-0.3, -0.25) is 9.59 Å². The molecule has 1 aromatic rings. The molecule has 1 saturated heterocycles. The maximum Gasteiger partial charge on any atom is 0.228 e. The number of benzene rings is 1. The minimum absolute atomic E-state index is 0.0643. The Hall–Kier alpha value is -1.60. The molecule has 1 unspecified atom stereocenters. The molecule has 1 aromatic carbocycles. The van der Waals surface area contributed by atoms with Gasteiger partial charge in [-0.2, -0.15) is 11.8 Å². The van der Waals surface area contributed by atoms with Gasteiger partial charge in [-0.05, 0) is 42.9 Å². The first-order valence-corrected chi connectivity index (χ1v) is 10.1. The quantitative estimate of drug-likeness (QED) is 0.840. The minimum atomic E-state index is -0.617. The van der Waals surface area contributed by atoms with Crippen LogP contribution in [0.5, 0.6) is 0 Å². The van der Waals surface area contributed by atoms with E-state index in [4.69, 9.17) is 0 Å². The van der Waals surface area contributed by atoms with E-state index in [0.29, 0.717) is 11.3 Å². The zero-order valence-electron chi connectivity index (χ0n) is 14.4. The normalized spacial score (nSPS) is 21.5. The Kier molecular flexibility index (Phi) is 5.96. The highest BCUT2D eigenvalue weighted by Gasteiger charge is 2.32. The van der Waals surface area contributed by atoms with E-state index in [9.17, 15) is 14.0 Å². The number of amides is 2. The summed E-state index contributed by atoms with van der Waals surface area (Å²) < 4.78 is 13.6. The standard InChI is InChI=1S/C18H24FN3O2S/c1-25-9-8-22-6-4-13(5-7-22)20-18(24)15-11-17(23)21-16-3-2-12(19)10-14(15)16/h2-3,10,13,15H,4-9,11H2,1H3,(H,20,24)(H,21,23). The average Bonchev–Trinajstić information content (AvgIpc) is 2.60. The highest BCUT2D eigenvalue weighted by Crippen LogP contribution is 2.33. The van der Waals surface area contributed by atoms with E-state index in [0.717, 1.165) is 38.2 Å². The Morgan fingerprint density at radius 1 is 1.40 bits per heavy atom. The van der Waals surface area contributed by atoms with Crippen LogP contribution < -0.4 is 10.6 Å². The number of nitrogens with one attached hydrogen (secondary N) is 2. The summed E-state index contributed by atoms with van der Waals surface area (Å²) in [5, 5.41) is 5.78. The van der Waals surface area contributed by atoms with Crippen molar-refractivity contribution in [3.63, 3.8) is 0 Å². The molecule has 136 valence electrons. The van der Waals surface area contributed by atoms with Gasteiger partial charge in [0, 0.05) is 43.5 Å². The van der Waals surface area contributed by atoms with E-state index in [-0.39, 0.29) is 24.3 Å². The predicted molar refractivity (Wildman–Crippen MR) is 98.4 cm³/mol. The molecule has 7 heteroatoms. The number of rotatable bonds is 5. The highest BCUT2D eigenvalue weighted by molar-refractivity contribution is 7.98. The molecule has 0 saturated carbocycles. The van der Waals surface area contributed by atoms with Gasteiger partial charge in [-0.25, -0.2) is 4.39 Å². The van der Waals surface area contributed by atoms with Gasteiger partial charge < -0.3 is 15.5 Å². The van der Waals surface area contributed by atoms with Crippen LogP contribution in [-0.4, -0.2) is 54.4 Å². The lowest BCUT2D eigenvalue weighted by Crippen LogP contribution is -2.47. The zero-order valence-corrected chi connectivity index (χ0v) is 15.2. The smallest absolute Gasteiger partial charge is 0.228 e. The van der Waals surface area contributed by atoms with Gasteiger partial charge in [0.25, 0.3) is 0 Å². The second-order valence-electron chi connectivity index (χ2n) is 6.65. The molecular formula is C18H24FN3O2S. The number of halogens is 1.